The molecule has 10 heteroatoms. The molecule has 0 bridgehead atoms. The monoisotopic (exact) mass is 366 g/mol. The number of benzene rings is 1. The lowest BCUT2D eigenvalue weighted by molar-refractivity contribution is -0.386. The smallest absolute Gasteiger partial charge is 0.287 e. The molecule has 0 aliphatic heterocycles. The molecule has 0 saturated carbocycles. The maximum atomic E-state index is 13.6. The van der Waals surface area contributed by atoms with Crippen molar-refractivity contribution in [3.05, 3.63) is 35.4 Å². The van der Waals surface area contributed by atoms with Crippen LogP contribution in [0.15, 0.2) is 24.3 Å². The maximum absolute atomic E-state index is 13.6. The van der Waals surface area contributed by atoms with Crippen LogP contribution in [0.4, 0.5) is 39.5 Å². The number of halogens is 9. The summed E-state index contributed by atoms with van der Waals surface area (Å²) in [5.41, 5.74) is -0.855. The van der Waals surface area contributed by atoms with E-state index >= 15 is 0 Å². The Morgan fingerprint density at radius 3 is 1.79 bits per heavy atom. The van der Waals surface area contributed by atoms with Gasteiger partial charge >= 0.3 is 23.9 Å². The number of alkyl halides is 9. The van der Waals surface area contributed by atoms with Gasteiger partial charge in [-0.25, -0.2) is 0 Å². The summed E-state index contributed by atoms with van der Waals surface area (Å²) in [6.07, 6.45) is -6.96. The first-order valence-electron chi connectivity index (χ1n) is 6.42. The van der Waals surface area contributed by atoms with E-state index in [0.29, 0.717) is 6.07 Å². The second-order valence-corrected chi connectivity index (χ2v) is 5.33. The molecule has 0 radical (unpaired) electrons. The Kier molecular flexibility index (Phi) is 5.04. The summed E-state index contributed by atoms with van der Waals surface area (Å²) < 4.78 is 115. The lowest BCUT2D eigenvalue weighted by Gasteiger charge is -2.32. The number of hydrogen-bond acceptors (Lipinski definition) is 1. The third-order valence-corrected chi connectivity index (χ3v) is 3.25. The minimum absolute atomic E-state index is 0.238. The van der Waals surface area contributed by atoms with Crippen LogP contribution in [0.3, 0.4) is 0 Å². The fourth-order valence-corrected chi connectivity index (χ4v) is 1.74. The molecule has 0 aromatic heterocycles. The SMILES string of the molecule is CC(C)c1cccc(C(=O)C(F)(F)C(F)(F)C(F)(F)C(F)(F)F)c1. The van der Waals surface area contributed by atoms with E-state index in [1.165, 1.54) is 6.07 Å². The summed E-state index contributed by atoms with van der Waals surface area (Å²) in [5.74, 6) is -23.5. The number of rotatable bonds is 5. The summed E-state index contributed by atoms with van der Waals surface area (Å²) in [4.78, 5) is 11.5. The summed E-state index contributed by atoms with van der Waals surface area (Å²) in [7, 11) is 0. The van der Waals surface area contributed by atoms with Crippen LogP contribution < -0.4 is 0 Å². The molecule has 0 unspecified atom stereocenters. The Labute approximate surface area is 130 Å². The first-order valence-corrected chi connectivity index (χ1v) is 6.42. The van der Waals surface area contributed by atoms with Crippen LogP contribution in [0.2, 0.25) is 0 Å². The molecule has 136 valence electrons. The van der Waals surface area contributed by atoms with Gasteiger partial charge in [0.1, 0.15) is 0 Å². The van der Waals surface area contributed by atoms with Gasteiger partial charge in [0.05, 0.1) is 0 Å². The fraction of sp³-hybridized carbons (Fsp3) is 0.500. The molecule has 0 atom stereocenters. The second kappa shape index (κ2) is 5.96. The zero-order valence-corrected chi connectivity index (χ0v) is 12.2. The van der Waals surface area contributed by atoms with E-state index in [2.05, 4.69) is 0 Å². The Hall–Kier alpha value is -1.74. The maximum Gasteiger partial charge on any atom is 0.460 e. The fourth-order valence-electron chi connectivity index (χ4n) is 1.74. The molecule has 0 aliphatic carbocycles. The van der Waals surface area contributed by atoms with E-state index < -0.39 is 35.3 Å². The average molecular weight is 366 g/mol. The van der Waals surface area contributed by atoms with Gasteiger partial charge in [0.15, 0.2) is 0 Å². The van der Waals surface area contributed by atoms with Crippen LogP contribution in [0.1, 0.15) is 35.7 Å². The van der Waals surface area contributed by atoms with Gasteiger partial charge in [0, 0.05) is 5.56 Å². The summed E-state index contributed by atoms with van der Waals surface area (Å²) >= 11 is 0. The van der Waals surface area contributed by atoms with Gasteiger partial charge in [-0.3, -0.25) is 4.79 Å². The standard InChI is InChI=1S/C14H11F9O/c1-7(2)8-4-3-5-9(6-8)10(24)11(15,16)12(17,18)13(19,20)14(21,22)23/h3-7H,1-2H3. The molecule has 0 saturated heterocycles. The Morgan fingerprint density at radius 1 is 0.875 bits per heavy atom. The number of Topliss-reactive ketones (excluding diaryl/α,β-unsaturated/α-hetero) is 1. The molecule has 1 aromatic carbocycles. The molecule has 0 spiro atoms. The highest BCUT2D eigenvalue weighted by atomic mass is 19.4. The lowest BCUT2D eigenvalue weighted by Crippen LogP contribution is -2.63. The van der Waals surface area contributed by atoms with Crippen molar-refractivity contribution >= 4 is 5.78 Å². The molecular weight excluding hydrogens is 355 g/mol. The summed E-state index contributed by atoms with van der Waals surface area (Å²) in [5, 5.41) is 0. The van der Waals surface area contributed by atoms with Gasteiger partial charge < -0.3 is 0 Å². The van der Waals surface area contributed by atoms with Crippen LogP contribution in [-0.4, -0.2) is 29.7 Å². The number of hydrogen-bond donors (Lipinski definition) is 0. The predicted molar refractivity (Wildman–Crippen MR) is 65.8 cm³/mol. The van der Waals surface area contributed by atoms with Gasteiger partial charge in [-0.05, 0) is 17.5 Å². The van der Waals surface area contributed by atoms with E-state index in [-0.39, 0.29) is 11.5 Å². The topological polar surface area (TPSA) is 17.1 Å². The van der Waals surface area contributed by atoms with Crippen molar-refractivity contribution in [2.75, 3.05) is 0 Å². The molecule has 0 aliphatic rings. The second-order valence-electron chi connectivity index (χ2n) is 5.33. The predicted octanol–water partition coefficient (Wildman–Crippen LogP) is 5.46. The molecule has 24 heavy (non-hydrogen) atoms. The van der Waals surface area contributed by atoms with Crippen LogP contribution in [0, 0.1) is 0 Å². The van der Waals surface area contributed by atoms with Crippen LogP contribution in [-0.2, 0) is 0 Å². The number of carbonyl (C=O) groups excluding carboxylic acids is 1. The molecule has 0 amide bonds. The van der Waals surface area contributed by atoms with Gasteiger partial charge in [-0.2, -0.15) is 39.5 Å². The molecule has 0 N–H and O–H groups in total. The summed E-state index contributed by atoms with van der Waals surface area (Å²) in [6, 6.07) is 3.74. The molecule has 1 rings (SSSR count). The van der Waals surface area contributed by atoms with Gasteiger partial charge in [-0.15, -0.1) is 0 Å². The van der Waals surface area contributed by atoms with Gasteiger partial charge in [0.25, 0.3) is 0 Å². The minimum Gasteiger partial charge on any atom is -0.287 e. The van der Waals surface area contributed by atoms with Crippen molar-refractivity contribution in [1.82, 2.24) is 0 Å². The lowest BCUT2D eigenvalue weighted by atomic mass is 9.93. The molecule has 0 heterocycles. The molecular formula is C14H11F9O. The van der Waals surface area contributed by atoms with Crippen LogP contribution in [0.5, 0.6) is 0 Å². The Bertz CT molecular complexity index is 617. The van der Waals surface area contributed by atoms with E-state index in [4.69, 9.17) is 0 Å². The van der Waals surface area contributed by atoms with Crippen LogP contribution in [0.25, 0.3) is 0 Å². The van der Waals surface area contributed by atoms with Gasteiger partial charge in [-0.1, -0.05) is 32.0 Å². The zero-order valence-electron chi connectivity index (χ0n) is 12.2. The molecule has 1 nitrogen and oxygen atoms in total. The van der Waals surface area contributed by atoms with E-state index in [9.17, 15) is 44.3 Å². The van der Waals surface area contributed by atoms with Crippen LogP contribution >= 0.6 is 0 Å². The van der Waals surface area contributed by atoms with Crippen molar-refractivity contribution in [3.8, 4) is 0 Å². The van der Waals surface area contributed by atoms with E-state index in [0.717, 1.165) is 12.1 Å². The average Bonchev–Trinajstić information content (AvgIpc) is 2.44. The Morgan fingerprint density at radius 2 is 1.38 bits per heavy atom. The van der Waals surface area contributed by atoms with Crippen molar-refractivity contribution < 1.29 is 44.3 Å². The van der Waals surface area contributed by atoms with Gasteiger partial charge in [0.2, 0.25) is 5.78 Å². The van der Waals surface area contributed by atoms with Crippen molar-refractivity contribution in [2.24, 2.45) is 0 Å². The highest BCUT2D eigenvalue weighted by Gasteiger charge is 2.83. The molecule has 1 aromatic rings. The number of carbonyl (C=O) groups is 1. The van der Waals surface area contributed by atoms with E-state index in [1.807, 2.05) is 0 Å². The quantitative estimate of drug-likeness (QED) is 0.500. The highest BCUT2D eigenvalue weighted by molar-refractivity contribution is 6.02. The van der Waals surface area contributed by atoms with Crippen molar-refractivity contribution in [1.29, 1.82) is 0 Å². The summed E-state index contributed by atoms with van der Waals surface area (Å²) in [6.45, 7) is 3.13. The third-order valence-electron chi connectivity index (χ3n) is 3.25. The third kappa shape index (κ3) is 3.10. The van der Waals surface area contributed by atoms with Crippen molar-refractivity contribution in [3.63, 3.8) is 0 Å². The highest BCUT2D eigenvalue weighted by Crippen LogP contribution is 2.53. The largest absolute Gasteiger partial charge is 0.460 e. The number of ketones is 1. The first kappa shape index (κ1) is 20.3. The Balaban J connectivity index is 3.37. The first-order chi connectivity index (χ1) is 10.6. The van der Waals surface area contributed by atoms with E-state index in [1.54, 1.807) is 13.8 Å². The minimum atomic E-state index is -7.09. The normalized spacial score (nSPS) is 14.2. The zero-order chi connectivity index (χ0) is 19.1. The van der Waals surface area contributed by atoms with Crippen molar-refractivity contribution in [2.45, 2.75) is 43.7 Å². The molecule has 0 fully saturated rings.